The second kappa shape index (κ2) is 11.3. The Balaban J connectivity index is 1.52. The summed E-state index contributed by atoms with van der Waals surface area (Å²) in [6.45, 7) is 2.68. The molecule has 3 rings (SSSR count). The van der Waals surface area contributed by atoms with Crippen molar-refractivity contribution in [3.8, 4) is 0 Å². The number of benzene rings is 2. The summed E-state index contributed by atoms with van der Waals surface area (Å²) in [6, 6.07) is 17.6. The number of nitrogens with one attached hydrogen (secondary N) is 2. The number of carbonyl (C=O) groups is 2. The van der Waals surface area contributed by atoms with Crippen molar-refractivity contribution >= 4 is 23.6 Å². The van der Waals surface area contributed by atoms with E-state index in [2.05, 4.69) is 15.6 Å². The van der Waals surface area contributed by atoms with Gasteiger partial charge in [0.15, 0.2) is 5.16 Å². The molecule has 0 spiro atoms. The second-order valence-corrected chi connectivity index (χ2v) is 8.03. The molecule has 0 fully saturated rings. The topological polar surface area (TPSA) is 96.2 Å². The summed E-state index contributed by atoms with van der Waals surface area (Å²) in [5, 5.41) is 15.9. The number of thioether (sulfide) groups is 1. The average Bonchev–Trinajstić information content (AvgIpc) is 3.18. The molecule has 0 saturated carbocycles. The number of imidazole rings is 1. The smallest absolute Gasteiger partial charge is 0.240 e. The number of aliphatic hydroxyl groups excluding tert-OH is 1. The Morgan fingerprint density at radius 2 is 1.61 bits per heavy atom. The minimum Gasteiger partial charge on any atom is -0.390 e. The molecule has 8 heteroatoms. The van der Waals surface area contributed by atoms with Gasteiger partial charge in [-0.3, -0.25) is 9.59 Å². The van der Waals surface area contributed by atoms with Crippen molar-refractivity contribution in [3.63, 3.8) is 0 Å². The van der Waals surface area contributed by atoms with E-state index in [-0.39, 0.29) is 30.7 Å². The summed E-state index contributed by atoms with van der Waals surface area (Å²) in [5.41, 5.74) is 3.72. The summed E-state index contributed by atoms with van der Waals surface area (Å²) < 4.78 is 1.64. The highest BCUT2D eigenvalue weighted by Crippen LogP contribution is 2.19. The van der Waals surface area contributed by atoms with Gasteiger partial charge < -0.3 is 20.3 Å². The lowest BCUT2D eigenvalue weighted by atomic mass is 10.1. The van der Waals surface area contributed by atoms with E-state index in [0.717, 1.165) is 16.7 Å². The highest BCUT2D eigenvalue weighted by atomic mass is 32.2. The highest BCUT2D eigenvalue weighted by molar-refractivity contribution is 7.99. The molecule has 2 aromatic carbocycles. The van der Waals surface area contributed by atoms with Crippen LogP contribution < -0.4 is 10.6 Å². The van der Waals surface area contributed by atoms with Crippen molar-refractivity contribution in [1.82, 2.24) is 20.2 Å². The number of rotatable bonds is 10. The SMILES string of the molecule is Cc1ccc(CNC(=O)Cn2c(CO)cnc2SCC(=O)NCc2ccccc2)cc1. The van der Waals surface area contributed by atoms with Crippen LogP contribution in [-0.2, 0) is 35.8 Å². The fourth-order valence-electron chi connectivity index (χ4n) is 2.89. The summed E-state index contributed by atoms with van der Waals surface area (Å²) in [6.07, 6.45) is 1.53. The second-order valence-electron chi connectivity index (χ2n) is 7.09. The Morgan fingerprint density at radius 1 is 0.968 bits per heavy atom. The lowest BCUT2D eigenvalue weighted by Gasteiger charge is -2.11. The van der Waals surface area contributed by atoms with E-state index in [0.29, 0.717) is 23.9 Å². The number of carbonyl (C=O) groups excluding carboxylic acids is 2. The van der Waals surface area contributed by atoms with Gasteiger partial charge >= 0.3 is 0 Å². The number of amides is 2. The molecule has 31 heavy (non-hydrogen) atoms. The summed E-state index contributed by atoms with van der Waals surface area (Å²) >= 11 is 1.23. The Labute approximate surface area is 185 Å². The van der Waals surface area contributed by atoms with Crippen LogP contribution in [0.1, 0.15) is 22.4 Å². The molecule has 0 bridgehead atoms. The first-order chi connectivity index (χ1) is 15.0. The predicted octanol–water partition coefficient (Wildman–Crippen LogP) is 2.41. The number of nitrogens with zero attached hydrogens (tertiary/aromatic N) is 2. The van der Waals surface area contributed by atoms with Gasteiger partial charge in [-0.25, -0.2) is 4.98 Å². The van der Waals surface area contributed by atoms with Crippen molar-refractivity contribution in [2.45, 2.75) is 38.3 Å². The molecule has 3 N–H and O–H groups in total. The van der Waals surface area contributed by atoms with Crippen LogP contribution in [0.25, 0.3) is 0 Å². The van der Waals surface area contributed by atoms with Crippen LogP contribution in [0.15, 0.2) is 66.0 Å². The molecule has 0 aliphatic carbocycles. The Bertz CT molecular complexity index is 1000. The van der Waals surface area contributed by atoms with Gasteiger partial charge in [-0.15, -0.1) is 0 Å². The van der Waals surface area contributed by atoms with Gasteiger partial charge in [0.05, 0.1) is 24.3 Å². The number of aryl methyl sites for hydroxylation is 1. The lowest BCUT2D eigenvalue weighted by Crippen LogP contribution is -2.28. The minimum atomic E-state index is -0.237. The van der Waals surface area contributed by atoms with Crippen LogP contribution in [0.5, 0.6) is 0 Å². The molecule has 0 unspecified atom stereocenters. The van der Waals surface area contributed by atoms with Crippen LogP contribution in [-0.4, -0.2) is 32.2 Å². The normalized spacial score (nSPS) is 10.6. The van der Waals surface area contributed by atoms with Gasteiger partial charge in [-0.1, -0.05) is 71.9 Å². The minimum absolute atomic E-state index is 0.0235. The Morgan fingerprint density at radius 3 is 2.29 bits per heavy atom. The van der Waals surface area contributed by atoms with E-state index in [9.17, 15) is 14.7 Å². The number of hydrogen-bond donors (Lipinski definition) is 3. The molecule has 3 aromatic rings. The van der Waals surface area contributed by atoms with Gasteiger partial charge in [0.2, 0.25) is 11.8 Å². The lowest BCUT2D eigenvalue weighted by molar-refractivity contribution is -0.122. The maximum Gasteiger partial charge on any atom is 0.240 e. The molecule has 0 radical (unpaired) electrons. The third-order valence-electron chi connectivity index (χ3n) is 4.64. The van der Waals surface area contributed by atoms with Crippen LogP contribution in [0, 0.1) is 6.92 Å². The largest absolute Gasteiger partial charge is 0.390 e. The number of aliphatic hydroxyl groups is 1. The Kier molecular flexibility index (Phi) is 8.26. The third kappa shape index (κ3) is 6.97. The fourth-order valence-corrected chi connectivity index (χ4v) is 3.71. The van der Waals surface area contributed by atoms with Gasteiger partial charge in [0.25, 0.3) is 0 Å². The molecule has 0 saturated heterocycles. The standard InChI is InChI=1S/C23H26N4O3S/c1-17-7-9-19(10-8-17)12-24-21(29)14-27-20(15-28)13-26-23(27)31-16-22(30)25-11-18-5-3-2-4-6-18/h2-10,13,28H,11-12,14-16H2,1H3,(H,24,29)(H,25,30). The molecule has 0 aliphatic rings. The molecule has 1 heterocycles. The molecule has 2 amide bonds. The molecular weight excluding hydrogens is 412 g/mol. The summed E-state index contributed by atoms with van der Waals surface area (Å²) in [4.78, 5) is 28.9. The van der Waals surface area contributed by atoms with Crippen molar-refractivity contribution in [2.75, 3.05) is 5.75 Å². The van der Waals surface area contributed by atoms with E-state index in [1.165, 1.54) is 18.0 Å². The van der Waals surface area contributed by atoms with Gasteiger partial charge in [-0.05, 0) is 18.1 Å². The van der Waals surface area contributed by atoms with Gasteiger partial charge in [0, 0.05) is 13.1 Å². The monoisotopic (exact) mass is 438 g/mol. The number of hydrogen-bond acceptors (Lipinski definition) is 5. The molecular formula is C23H26N4O3S. The maximum atomic E-state index is 12.4. The first-order valence-electron chi connectivity index (χ1n) is 9.96. The van der Waals surface area contributed by atoms with Crippen molar-refractivity contribution < 1.29 is 14.7 Å². The van der Waals surface area contributed by atoms with Crippen molar-refractivity contribution in [3.05, 3.63) is 83.2 Å². The highest BCUT2D eigenvalue weighted by Gasteiger charge is 2.15. The average molecular weight is 439 g/mol. The van der Waals surface area contributed by atoms with Crippen LogP contribution in [0.4, 0.5) is 0 Å². The molecule has 0 aliphatic heterocycles. The zero-order chi connectivity index (χ0) is 22.1. The molecule has 1 aromatic heterocycles. The first kappa shape index (κ1) is 22.6. The van der Waals surface area contributed by atoms with Crippen molar-refractivity contribution in [2.24, 2.45) is 0 Å². The van der Waals surface area contributed by atoms with Gasteiger partial charge in [-0.2, -0.15) is 0 Å². The van der Waals surface area contributed by atoms with E-state index < -0.39 is 0 Å². The van der Waals surface area contributed by atoms with E-state index in [1.807, 2.05) is 61.5 Å². The van der Waals surface area contributed by atoms with Crippen LogP contribution >= 0.6 is 11.8 Å². The van der Waals surface area contributed by atoms with E-state index >= 15 is 0 Å². The first-order valence-corrected chi connectivity index (χ1v) is 10.9. The van der Waals surface area contributed by atoms with Crippen molar-refractivity contribution in [1.29, 1.82) is 0 Å². The van der Waals surface area contributed by atoms with E-state index in [4.69, 9.17) is 0 Å². The zero-order valence-corrected chi connectivity index (χ0v) is 18.2. The van der Waals surface area contributed by atoms with Gasteiger partial charge in [0.1, 0.15) is 6.54 Å². The van der Waals surface area contributed by atoms with E-state index in [1.54, 1.807) is 4.57 Å². The third-order valence-corrected chi connectivity index (χ3v) is 5.63. The summed E-state index contributed by atoms with van der Waals surface area (Å²) in [7, 11) is 0. The Hall–Kier alpha value is -3.10. The fraction of sp³-hybridized carbons (Fsp3) is 0.261. The molecule has 0 atom stereocenters. The molecule has 7 nitrogen and oxygen atoms in total. The molecule has 162 valence electrons. The summed E-state index contributed by atoms with van der Waals surface area (Å²) in [5.74, 6) is -0.152. The zero-order valence-electron chi connectivity index (χ0n) is 17.4. The van der Waals surface area contributed by atoms with Crippen LogP contribution in [0.3, 0.4) is 0 Å². The maximum absolute atomic E-state index is 12.4. The number of aromatic nitrogens is 2. The predicted molar refractivity (Wildman–Crippen MR) is 120 cm³/mol. The quantitative estimate of drug-likeness (QED) is 0.423. The van der Waals surface area contributed by atoms with Crippen LogP contribution in [0.2, 0.25) is 0 Å².